The number of hydrogen-bond donors (Lipinski definition) is 1. The number of nitrogens with one attached hydrogen (secondary N) is 1. The predicted octanol–water partition coefficient (Wildman–Crippen LogP) is 3.66. The number of halogens is 2. The largest absolute Gasteiger partial charge is 0.492 e. The van der Waals surface area contributed by atoms with Gasteiger partial charge in [-0.15, -0.1) is 0 Å². The van der Waals surface area contributed by atoms with Crippen molar-refractivity contribution in [2.24, 2.45) is 0 Å². The molecule has 4 nitrogen and oxygen atoms in total. The number of hydrogen-bond acceptors (Lipinski definition) is 3. The Hall–Kier alpha value is -2.50. The number of nitrogens with zero attached hydrogens (tertiary/aromatic N) is 1. The van der Waals surface area contributed by atoms with Crippen LogP contribution in [0.25, 0.3) is 0 Å². The van der Waals surface area contributed by atoms with Crippen molar-refractivity contribution in [3.63, 3.8) is 0 Å². The van der Waals surface area contributed by atoms with Gasteiger partial charge < -0.3 is 10.1 Å². The van der Waals surface area contributed by atoms with Crippen molar-refractivity contribution in [3.05, 3.63) is 59.9 Å². The molecule has 0 aliphatic heterocycles. The molecule has 0 bridgehead atoms. The van der Waals surface area contributed by atoms with Crippen LogP contribution in [-0.4, -0.2) is 24.0 Å². The first-order valence-corrected chi connectivity index (χ1v) is 8.38. The quantitative estimate of drug-likeness (QED) is 0.667. The number of aromatic nitrogens is 1. The van der Waals surface area contributed by atoms with E-state index in [1.54, 1.807) is 24.5 Å². The van der Waals surface area contributed by atoms with Crippen LogP contribution in [0.2, 0.25) is 0 Å². The fourth-order valence-electron chi connectivity index (χ4n) is 2.32. The van der Waals surface area contributed by atoms with Crippen molar-refractivity contribution in [2.75, 3.05) is 13.2 Å². The molecule has 1 aromatic heterocycles. The van der Waals surface area contributed by atoms with Crippen LogP contribution < -0.4 is 10.1 Å². The summed E-state index contributed by atoms with van der Waals surface area (Å²) < 4.78 is 31.4. The van der Waals surface area contributed by atoms with Gasteiger partial charge in [-0.1, -0.05) is 6.07 Å². The van der Waals surface area contributed by atoms with E-state index in [0.717, 1.165) is 24.5 Å². The standard InChI is InChI=1S/C19H22F2N2O2/c20-17-9-8-15(13-18(17)21)5-1-2-11-23-19(24)7-4-12-25-16-6-3-10-22-14-16/h3,6,8-10,13-14H,1-2,4-5,7,11-12H2,(H,23,24). The minimum Gasteiger partial charge on any atom is -0.492 e. The fraction of sp³-hybridized carbons (Fsp3) is 0.368. The number of unbranched alkanes of at least 4 members (excludes halogenated alkanes) is 1. The second kappa shape index (κ2) is 10.4. The number of carbonyl (C=O) groups is 1. The molecule has 0 radical (unpaired) electrons. The smallest absolute Gasteiger partial charge is 0.220 e. The number of ether oxygens (including phenoxy) is 1. The summed E-state index contributed by atoms with van der Waals surface area (Å²) in [7, 11) is 0. The Morgan fingerprint density at radius 2 is 2.00 bits per heavy atom. The Morgan fingerprint density at radius 3 is 2.76 bits per heavy atom. The van der Waals surface area contributed by atoms with E-state index in [2.05, 4.69) is 10.3 Å². The van der Waals surface area contributed by atoms with Crippen molar-refractivity contribution < 1.29 is 18.3 Å². The zero-order valence-electron chi connectivity index (χ0n) is 14.0. The van der Waals surface area contributed by atoms with Crippen molar-refractivity contribution in [1.82, 2.24) is 10.3 Å². The van der Waals surface area contributed by atoms with E-state index < -0.39 is 11.6 Å². The van der Waals surface area contributed by atoms with Gasteiger partial charge >= 0.3 is 0 Å². The average Bonchev–Trinajstić information content (AvgIpc) is 2.62. The summed E-state index contributed by atoms with van der Waals surface area (Å²) in [6.45, 7) is 1.04. The normalized spacial score (nSPS) is 10.5. The monoisotopic (exact) mass is 348 g/mol. The molecule has 1 N–H and O–H groups in total. The van der Waals surface area contributed by atoms with Gasteiger partial charge in [0.2, 0.25) is 5.91 Å². The molecule has 0 aliphatic rings. The molecule has 1 heterocycles. The minimum atomic E-state index is -0.830. The maximum absolute atomic E-state index is 13.1. The molecular weight excluding hydrogens is 326 g/mol. The fourth-order valence-corrected chi connectivity index (χ4v) is 2.32. The van der Waals surface area contributed by atoms with Gasteiger partial charge in [0.25, 0.3) is 0 Å². The predicted molar refractivity (Wildman–Crippen MR) is 91.3 cm³/mol. The van der Waals surface area contributed by atoms with Gasteiger partial charge in [-0.25, -0.2) is 8.78 Å². The van der Waals surface area contributed by atoms with Crippen molar-refractivity contribution in [2.45, 2.75) is 32.1 Å². The molecular formula is C19H22F2N2O2. The van der Waals surface area contributed by atoms with Crippen LogP contribution in [0.1, 0.15) is 31.2 Å². The molecule has 25 heavy (non-hydrogen) atoms. The van der Waals surface area contributed by atoms with Crippen molar-refractivity contribution in [3.8, 4) is 5.75 Å². The molecule has 6 heteroatoms. The third-order valence-electron chi connectivity index (χ3n) is 3.65. The van der Waals surface area contributed by atoms with Crippen molar-refractivity contribution in [1.29, 1.82) is 0 Å². The van der Waals surface area contributed by atoms with E-state index in [1.165, 1.54) is 6.07 Å². The van der Waals surface area contributed by atoms with Gasteiger partial charge in [0.05, 0.1) is 12.8 Å². The molecule has 0 aliphatic carbocycles. The van der Waals surface area contributed by atoms with Crippen LogP contribution in [0.3, 0.4) is 0 Å². The summed E-state index contributed by atoms with van der Waals surface area (Å²) in [6, 6.07) is 7.55. The third kappa shape index (κ3) is 7.28. The van der Waals surface area contributed by atoms with E-state index in [-0.39, 0.29) is 5.91 Å². The lowest BCUT2D eigenvalue weighted by molar-refractivity contribution is -0.121. The Morgan fingerprint density at radius 1 is 1.12 bits per heavy atom. The zero-order valence-corrected chi connectivity index (χ0v) is 14.0. The average molecular weight is 348 g/mol. The summed E-state index contributed by atoms with van der Waals surface area (Å²) in [4.78, 5) is 15.6. The van der Waals surface area contributed by atoms with Crippen LogP contribution in [0.5, 0.6) is 5.75 Å². The summed E-state index contributed by atoms with van der Waals surface area (Å²) in [5.74, 6) is -0.967. The summed E-state index contributed by atoms with van der Waals surface area (Å²) in [6.07, 6.45) is 6.59. The third-order valence-corrected chi connectivity index (χ3v) is 3.65. The molecule has 1 amide bonds. The summed E-state index contributed by atoms with van der Waals surface area (Å²) >= 11 is 0. The Bertz CT molecular complexity index is 666. The molecule has 0 fully saturated rings. The number of aryl methyl sites for hydroxylation is 1. The molecule has 1 aromatic carbocycles. The molecule has 2 rings (SSSR count). The van der Waals surface area contributed by atoms with Gasteiger partial charge in [-0.05, 0) is 55.5 Å². The molecule has 0 saturated heterocycles. The highest BCUT2D eigenvalue weighted by atomic mass is 19.2. The molecule has 2 aromatic rings. The molecule has 0 atom stereocenters. The zero-order chi connectivity index (χ0) is 17.9. The number of rotatable bonds is 10. The highest BCUT2D eigenvalue weighted by Gasteiger charge is 2.03. The second-order valence-corrected chi connectivity index (χ2v) is 5.70. The van der Waals surface area contributed by atoms with E-state index in [0.29, 0.717) is 38.2 Å². The molecule has 134 valence electrons. The number of carbonyl (C=O) groups excluding carboxylic acids is 1. The van der Waals surface area contributed by atoms with Crippen LogP contribution in [0.15, 0.2) is 42.7 Å². The van der Waals surface area contributed by atoms with Crippen LogP contribution in [0.4, 0.5) is 8.78 Å². The van der Waals surface area contributed by atoms with E-state index in [1.807, 2.05) is 6.07 Å². The van der Waals surface area contributed by atoms with Crippen LogP contribution in [-0.2, 0) is 11.2 Å². The summed E-state index contributed by atoms with van der Waals surface area (Å²) in [5.41, 5.74) is 0.762. The topological polar surface area (TPSA) is 51.2 Å². The summed E-state index contributed by atoms with van der Waals surface area (Å²) in [5, 5.41) is 2.85. The lowest BCUT2D eigenvalue weighted by Crippen LogP contribution is -2.24. The maximum Gasteiger partial charge on any atom is 0.220 e. The number of amides is 1. The first-order valence-electron chi connectivity index (χ1n) is 8.38. The Kier molecular flexibility index (Phi) is 7.82. The highest BCUT2D eigenvalue weighted by molar-refractivity contribution is 5.75. The molecule has 0 unspecified atom stereocenters. The lowest BCUT2D eigenvalue weighted by Gasteiger charge is -2.07. The molecule has 0 spiro atoms. The Balaban J connectivity index is 1.50. The van der Waals surface area contributed by atoms with E-state index in [4.69, 9.17) is 4.74 Å². The number of pyridine rings is 1. The minimum absolute atomic E-state index is 0.0115. The number of benzene rings is 1. The van der Waals surface area contributed by atoms with Gasteiger partial charge in [0.1, 0.15) is 5.75 Å². The van der Waals surface area contributed by atoms with Gasteiger partial charge in [0, 0.05) is 19.2 Å². The lowest BCUT2D eigenvalue weighted by atomic mass is 10.1. The highest BCUT2D eigenvalue weighted by Crippen LogP contribution is 2.11. The van der Waals surface area contributed by atoms with Crippen molar-refractivity contribution >= 4 is 5.91 Å². The Labute approximate surface area is 146 Å². The van der Waals surface area contributed by atoms with Crippen LogP contribution in [0, 0.1) is 11.6 Å². The molecule has 0 saturated carbocycles. The maximum atomic E-state index is 13.1. The van der Waals surface area contributed by atoms with Crippen LogP contribution >= 0.6 is 0 Å². The van der Waals surface area contributed by atoms with E-state index in [9.17, 15) is 13.6 Å². The first-order chi connectivity index (χ1) is 12.1. The van der Waals surface area contributed by atoms with Gasteiger partial charge in [-0.3, -0.25) is 9.78 Å². The van der Waals surface area contributed by atoms with Gasteiger partial charge in [-0.2, -0.15) is 0 Å². The first kappa shape index (κ1) is 18.8. The van der Waals surface area contributed by atoms with Gasteiger partial charge in [0.15, 0.2) is 11.6 Å². The second-order valence-electron chi connectivity index (χ2n) is 5.70. The SMILES string of the molecule is O=C(CCCOc1cccnc1)NCCCCc1ccc(F)c(F)c1. The van der Waals surface area contributed by atoms with E-state index >= 15 is 0 Å².